The zero-order chi connectivity index (χ0) is 25.2. The fourth-order valence-corrected chi connectivity index (χ4v) is 6.59. The summed E-state index contributed by atoms with van der Waals surface area (Å²) in [5.41, 5.74) is 2.16. The monoisotopic (exact) mass is 553 g/mol. The molecule has 2 aromatic carbocycles. The van der Waals surface area contributed by atoms with Crippen LogP contribution in [-0.2, 0) is 10.0 Å². The lowest BCUT2D eigenvalue weighted by Crippen LogP contribution is -2.34. The van der Waals surface area contributed by atoms with Crippen molar-refractivity contribution in [3.05, 3.63) is 63.6 Å². The van der Waals surface area contributed by atoms with Gasteiger partial charge in [0.2, 0.25) is 9.47 Å². The summed E-state index contributed by atoms with van der Waals surface area (Å²) in [5, 5.41) is 10.6. The van der Waals surface area contributed by atoms with Crippen LogP contribution < -0.4 is 14.9 Å². The highest BCUT2D eigenvalue weighted by atomic mass is 35.5. The van der Waals surface area contributed by atoms with E-state index in [0.717, 1.165) is 35.7 Å². The molecule has 1 fully saturated rings. The molecule has 3 aromatic rings. The summed E-state index contributed by atoms with van der Waals surface area (Å²) < 4.78 is 28.1. The highest BCUT2D eigenvalue weighted by Crippen LogP contribution is 2.27. The van der Waals surface area contributed by atoms with Crippen molar-refractivity contribution in [1.82, 2.24) is 14.9 Å². The molecule has 35 heavy (non-hydrogen) atoms. The second-order valence-corrected chi connectivity index (χ2v) is 12.3. The Morgan fingerprint density at radius 1 is 1.17 bits per heavy atom. The van der Waals surface area contributed by atoms with Crippen molar-refractivity contribution in [1.29, 1.82) is 0 Å². The fourth-order valence-electron chi connectivity index (χ4n) is 3.96. The number of piperidine rings is 1. The summed E-state index contributed by atoms with van der Waals surface area (Å²) in [6, 6.07) is 11.9. The van der Waals surface area contributed by atoms with Crippen molar-refractivity contribution in [3.8, 4) is 0 Å². The van der Waals surface area contributed by atoms with Crippen LogP contribution in [-0.4, -0.2) is 37.6 Å². The molecule has 0 aliphatic carbocycles. The molecule has 8 nitrogen and oxygen atoms in total. The molecule has 1 aliphatic rings. The number of amides is 1. The van der Waals surface area contributed by atoms with Crippen molar-refractivity contribution < 1.29 is 13.2 Å². The Morgan fingerprint density at radius 3 is 2.60 bits per heavy atom. The largest absolute Gasteiger partial charge is 0.371 e. The minimum atomic E-state index is -3.95. The van der Waals surface area contributed by atoms with Gasteiger partial charge in [0.05, 0.1) is 10.6 Å². The average Bonchev–Trinajstić information content (AvgIpc) is 3.28. The first kappa shape index (κ1) is 25.8. The smallest absolute Gasteiger partial charge is 0.270 e. The Hall–Kier alpha value is -2.24. The van der Waals surface area contributed by atoms with Gasteiger partial charge in [0, 0.05) is 29.8 Å². The first-order chi connectivity index (χ1) is 16.6. The summed E-state index contributed by atoms with van der Waals surface area (Å²) in [7, 11) is -3.95. The quantitative estimate of drug-likeness (QED) is 0.381. The van der Waals surface area contributed by atoms with Crippen LogP contribution in [0.1, 0.15) is 48.7 Å². The van der Waals surface area contributed by atoms with Crippen molar-refractivity contribution in [3.63, 3.8) is 0 Å². The van der Waals surface area contributed by atoms with E-state index in [1.165, 1.54) is 31.0 Å². The summed E-state index contributed by atoms with van der Waals surface area (Å²) in [6.07, 6.45) is 2.43. The number of carbonyl (C=O) groups excluding carboxylic acids is 1. The molecule has 12 heteroatoms. The Labute approximate surface area is 218 Å². The van der Waals surface area contributed by atoms with Crippen molar-refractivity contribution in [2.45, 2.75) is 37.1 Å². The van der Waals surface area contributed by atoms with Gasteiger partial charge in [-0.1, -0.05) is 53.6 Å². The van der Waals surface area contributed by atoms with Gasteiger partial charge in [-0.3, -0.25) is 10.1 Å². The maximum Gasteiger partial charge on any atom is 0.270 e. The molecule has 2 heterocycles. The molecular weight excluding hydrogens is 529 g/mol. The number of benzene rings is 2. The standard InChI is InChI=1S/C23H25Cl2N5O3S2/c1-14-4-3-11-30(13-14)18-8-5-16(6-9-18)15(2)29-35(32,33)23-28-27-22(34-23)26-21(31)19-10-7-17(24)12-20(19)25/h5-10,12,14-15,29H,3-4,11,13H2,1-2H3,(H,26,27,31)/t14-,15+/m0/s1. The summed E-state index contributed by atoms with van der Waals surface area (Å²) in [4.78, 5) is 14.8. The van der Waals surface area contributed by atoms with E-state index in [2.05, 4.69) is 32.1 Å². The predicted molar refractivity (Wildman–Crippen MR) is 140 cm³/mol. The summed E-state index contributed by atoms with van der Waals surface area (Å²) >= 11 is 12.7. The number of hydrogen-bond donors (Lipinski definition) is 2. The second-order valence-electron chi connectivity index (χ2n) is 8.58. The maximum atomic E-state index is 12.9. The Morgan fingerprint density at radius 2 is 1.91 bits per heavy atom. The minimum Gasteiger partial charge on any atom is -0.371 e. The lowest BCUT2D eigenvalue weighted by Gasteiger charge is -2.33. The number of sulfonamides is 1. The highest BCUT2D eigenvalue weighted by molar-refractivity contribution is 7.91. The van der Waals surface area contributed by atoms with Crippen LogP contribution in [0.4, 0.5) is 10.8 Å². The molecule has 1 saturated heterocycles. The van der Waals surface area contributed by atoms with Crippen LogP contribution in [0.25, 0.3) is 0 Å². The third-order valence-corrected chi connectivity index (χ3v) is 9.07. The molecule has 0 saturated carbocycles. The number of halogens is 2. The maximum absolute atomic E-state index is 12.9. The van der Waals surface area contributed by atoms with E-state index < -0.39 is 22.0 Å². The lowest BCUT2D eigenvalue weighted by atomic mass is 9.99. The summed E-state index contributed by atoms with van der Waals surface area (Å²) in [5.74, 6) is 0.121. The van der Waals surface area contributed by atoms with Crippen molar-refractivity contribution in [2.24, 2.45) is 5.92 Å². The van der Waals surface area contributed by atoms with E-state index in [9.17, 15) is 13.2 Å². The Bertz CT molecular complexity index is 1310. The van der Waals surface area contributed by atoms with Gasteiger partial charge in [0.15, 0.2) is 0 Å². The third-order valence-electron chi connectivity index (χ3n) is 5.78. The molecule has 1 amide bonds. The van der Waals surface area contributed by atoms with Gasteiger partial charge in [-0.15, -0.1) is 10.2 Å². The molecule has 186 valence electrons. The molecule has 0 bridgehead atoms. The molecule has 0 spiro atoms. The van der Waals surface area contributed by atoms with Gasteiger partial charge < -0.3 is 4.90 Å². The van der Waals surface area contributed by atoms with Crippen LogP contribution in [0.2, 0.25) is 10.0 Å². The fraction of sp³-hybridized carbons (Fsp3) is 0.348. The SMILES string of the molecule is C[C@H]1CCCN(c2ccc([C@@H](C)NS(=O)(=O)c3nnc(NC(=O)c4ccc(Cl)cc4Cl)s3)cc2)C1. The van der Waals surface area contributed by atoms with Gasteiger partial charge in [-0.05, 0) is 61.6 Å². The minimum absolute atomic E-state index is 0.0363. The van der Waals surface area contributed by atoms with E-state index in [4.69, 9.17) is 23.2 Å². The van der Waals surface area contributed by atoms with Gasteiger partial charge >= 0.3 is 0 Å². The Balaban J connectivity index is 1.40. The Kier molecular flexibility index (Phi) is 7.97. The van der Waals surface area contributed by atoms with E-state index in [1.807, 2.05) is 24.3 Å². The van der Waals surface area contributed by atoms with E-state index in [1.54, 1.807) is 6.92 Å². The van der Waals surface area contributed by atoms with Gasteiger partial charge in [0.1, 0.15) is 0 Å². The van der Waals surface area contributed by atoms with Crippen LogP contribution in [0.3, 0.4) is 0 Å². The number of hydrogen-bond acceptors (Lipinski definition) is 7. The number of carbonyl (C=O) groups is 1. The molecule has 4 rings (SSSR count). The normalized spacial score (nSPS) is 17.3. The molecule has 1 aliphatic heterocycles. The molecular formula is C23H25Cl2N5O3S2. The van der Waals surface area contributed by atoms with E-state index in [-0.39, 0.29) is 20.1 Å². The van der Waals surface area contributed by atoms with Crippen molar-refractivity contribution in [2.75, 3.05) is 23.3 Å². The number of anilines is 2. The van der Waals surface area contributed by atoms with E-state index in [0.29, 0.717) is 10.9 Å². The van der Waals surface area contributed by atoms with Gasteiger partial charge in [0.25, 0.3) is 15.9 Å². The topological polar surface area (TPSA) is 104 Å². The third kappa shape index (κ3) is 6.31. The number of rotatable bonds is 7. The van der Waals surface area contributed by atoms with Crippen LogP contribution in [0.5, 0.6) is 0 Å². The number of nitrogens with zero attached hydrogens (tertiary/aromatic N) is 3. The molecule has 2 atom stereocenters. The van der Waals surface area contributed by atoms with Crippen molar-refractivity contribution >= 4 is 61.3 Å². The predicted octanol–water partition coefficient (Wildman–Crippen LogP) is 5.37. The molecule has 0 unspecified atom stereocenters. The highest BCUT2D eigenvalue weighted by Gasteiger charge is 2.24. The molecule has 2 N–H and O–H groups in total. The zero-order valence-electron chi connectivity index (χ0n) is 19.2. The number of aromatic nitrogens is 2. The zero-order valence-corrected chi connectivity index (χ0v) is 22.3. The van der Waals surface area contributed by atoms with Crippen LogP contribution >= 0.6 is 34.5 Å². The first-order valence-corrected chi connectivity index (χ1v) is 14.1. The van der Waals surface area contributed by atoms with Crippen LogP contribution in [0, 0.1) is 5.92 Å². The molecule has 0 radical (unpaired) electrons. The first-order valence-electron chi connectivity index (χ1n) is 11.1. The van der Waals surface area contributed by atoms with Gasteiger partial charge in [-0.25, -0.2) is 13.1 Å². The average molecular weight is 555 g/mol. The van der Waals surface area contributed by atoms with E-state index >= 15 is 0 Å². The lowest BCUT2D eigenvalue weighted by molar-refractivity contribution is 0.102. The van der Waals surface area contributed by atoms with Crippen LogP contribution in [0.15, 0.2) is 46.8 Å². The van der Waals surface area contributed by atoms with Gasteiger partial charge in [-0.2, -0.15) is 0 Å². The second kappa shape index (κ2) is 10.8. The molecule has 1 aromatic heterocycles. The summed E-state index contributed by atoms with van der Waals surface area (Å²) in [6.45, 7) is 6.09. The number of nitrogens with one attached hydrogen (secondary N) is 2.